The number of nitrogens with two attached hydrogens (primary N) is 1. The van der Waals surface area contributed by atoms with Crippen LogP contribution < -0.4 is 21.7 Å². The zero-order valence-electron chi connectivity index (χ0n) is 22.0. The number of ether oxygens (including phenoxy) is 3. The van der Waals surface area contributed by atoms with Crippen LogP contribution in [0.15, 0.2) is 0 Å². The third-order valence-corrected chi connectivity index (χ3v) is 5.75. The SMILES string of the molecule is CCCCOC(=O)[C@@H](CCC(N)=O)NC(=O)[C@H](C)NC(=O)[C@@H](C)O[C@@H]1C(NC(C)=O)[C@@H](O)OC(CO)[C@H]1O. The van der Waals surface area contributed by atoms with Gasteiger partial charge in [-0.1, -0.05) is 13.3 Å². The molecule has 8 atom stereocenters. The zero-order valence-corrected chi connectivity index (χ0v) is 22.0. The molecule has 218 valence electrons. The van der Waals surface area contributed by atoms with Crippen LogP contribution in [0.2, 0.25) is 0 Å². The number of nitrogens with one attached hydrogen (secondary N) is 3. The summed E-state index contributed by atoms with van der Waals surface area (Å²) in [6, 6.07) is -3.58. The van der Waals surface area contributed by atoms with E-state index < -0.39 is 85.0 Å². The smallest absolute Gasteiger partial charge is 0.328 e. The predicted molar refractivity (Wildman–Crippen MR) is 130 cm³/mol. The van der Waals surface area contributed by atoms with Gasteiger partial charge in [-0.25, -0.2) is 4.79 Å². The Balaban J connectivity index is 2.83. The molecule has 1 fully saturated rings. The highest BCUT2D eigenvalue weighted by molar-refractivity contribution is 5.91. The van der Waals surface area contributed by atoms with E-state index in [2.05, 4.69) is 16.0 Å². The molecule has 0 saturated carbocycles. The number of carbonyl (C=O) groups is 5. The summed E-state index contributed by atoms with van der Waals surface area (Å²) in [5.74, 6) is -3.51. The van der Waals surface area contributed by atoms with E-state index in [1.807, 2.05) is 6.92 Å². The zero-order chi connectivity index (χ0) is 29.0. The van der Waals surface area contributed by atoms with Crippen LogP contribution in [0.3, 0.4) is 0 Å². The number of amides is 4. The van der Waals surface area contributed by atoms with Crippen LogP contribution >= 0.6 is 0 Å². The average molecular weight is 549 g/mol. The second kappa shape index (κ2) is 16.2. The van der Waals surface area contributed by atoms with E-state index in [1.54, 1.807) is 0 Å². The molecule has 1 rings (SSSR count). The maximum Gasteiger partial charge on any atom is 0.328 e. The van der Waals surface area contributed by atoms with Crippen molar-refractivity contribution in [2.45, 2.75) is 102 Å². The Bertz CT molecular complexity index is 827. The van der Waals surface area contributed by atoms with Gasteiger partial charge in [-0.05, 0) is 26.7 Å². The Morgan fingerprint density at radius 1 is 1.08 bits per heavy atom. The monoisotopic (exact) mass is 548 g/mol. The van der Waals surface area contributed by atoms with Gasteiger partial charge in [0.05, 0.1) is 13.2 Å². The third-order valence-electron chi connectivity index (χ3n) is 5.75. The van der Waals surface area contributed by atoms with E-state index in [0.29, 0.717) is 6.42 Å². The van der Waals surface area contributed by atoms with Gasteiger partial charge in [-0.3, -0.25) is 19.2 Å². The van der Waals surface area contributed by atoms with Crippen molar-refractivity contribution >= 4 is 29.6 Å². The number of hydrogen-bond acceptors (Lipinski definition) is 11. The molecule has 0 spiro atoms. The Morgan fingerprint density at radius 3 is 2.29 bits per heavy atom. The quantitative estimate of drug-likeness (QED) is 0.0801. The van der Waals surface area contributed by atoms with Gasteiger partial charge in [0, 0.05) is 13.3 Å². The van der Waals surface area contributed by atoms with Crippen LogP contribution in [-0.4, -0.2) is 107 Å². The molecular weight excluding hydrogens is 508 g/mol. The first-order chi connectivity index (χ1) is 17.8. The maximum atomic E-state index is 12.7. The molecule has 0 aromatic rings. The second-order valence-electron chi connectivity index (χ2n) is 9.02. The fraction of sp³-hybridized carbons (Fsp3) is 0.783. The van der Waals surface area contributed by atoms with Gasteiger partial charge in [0.1, 0.15) is 42.5 Å². The highest BCUT2D eigenvalue weighted by atomic mass is 16.6. The Kier molecular flexibility index (Phi) is 14.1. The van der Waals surface area contributed by atoms with Gasteiger partial charge >= 0.3 is 5.97 Å². The summed E-state index contributed by atoms with van der Waals surface area (Å²) in [5, 5.41) is 37.3. The summed E-state index contributed by atoms with van der Waals surface area (Å²) < 4.78 is 15.8. The normalized spacial score (nSPS) is 25.4. The summed E-state index contributed by atoms with van der Waals surface area (Å²) in [5.41, 5.74) is 5.15. The number of esters is 1. The fourth-order valence-electron chi connectivity index (χ4n) is 3.58. The molecule has 0 bridgehead atoms. The van der Waals surface area contributed by atoms with Gasteiger partial charge in [-0.15, -0.1) is 0 Å². The van der Waals surface area contributed by atoms with Crippen molar-refractivity contribution in [1.82, 2.24) is 16.0 Å². The standard InChI is InChI=1S/C23H40N4O11/c1-5-6-9-36-22(34)14(7-8-16(24)30)27-20(32)11(2)25-21(33)12(3)37-19-17(26-13(4)29)23(35)38-15(10-28)18(19)31/h11-12,14-15,17-19,23,28,31,35H,5-10H2,1-4H3,(H2,24,30)(H,25,33)(H,26,29)(H,27,32)/t11-,12+,14+,15?,17?,18+,19+,23-/m0/s1. The molecule has 2 unspecified atom stereocenters. The molecule has 15 nitrogen and oxygen atoms in total. The number of rotatable bonds is 15. The number of hydrogen-bond donors (Lipinski definition) is 7. The summed E-state index contributed by atoms with van der Waals surface area (Å²) in [6.45, 7) is 5.21. The van der Waals surface area contributed by atoms with Gasteiger partial charge in [0.25, 0.3) is 0 Å². The van der Waals surface area contributed by atoms with Crippen LogP contribution in [0, 0.1) is 0 Å². The van der Waals surface area contributed by atoms with Crippen LogP contribution in [0.25, 0.3) is 0 Å². The second-order valence-corrected chi connectivity index (χ2v) is 9.02. The molecule has 15 heteroatoms. The third kappa shape index (κ3) is 10.5. The predicted octanol–water partition coefficient (Wildman–Crippen LogP) is -3.07. The first-order valence-corrected chi connectivity index (χ1v) is 12.4. The van der Waals surface area contributed by atoms with E-state index in [0.717, 1.165) is 6.42 Å². The molecule has 1 saturated heterocycles. The van der Waals surface area contributed by atoms with E-state index in [9.17, 15) is 39.3 Å². The largest absolute Gasteiger partial charge is 0.464 e. The Hall–Kier alpha value is -2.85. The highest BCUT2D eigenvalue weighted by Gasteiger charge is 2.47. The number of aliphatic hydroxyl groups is 3. The van der Waals surface area contributed by atoms with E-state index in [4.69, 9.17) is 19.9 Å². The van der Waals surface area contributed by atoms with E-state index in [-0.39, 0.29) is 19.4 Å². The van der Waals surface area contributed by atoms with Gasteiger partial charge in [-0.2, -0.15) is 0 Å². The van der Waals surface area contributed by atoms with Crippen molar-refractivity contribution in [3.05, 3.63) is 0 Å². The topological polar surface area (TPSA) is 236 Å². The van der Waals surface area contributed by atoms with E-state index in [1.165, 1.54) is 20.8 Å². The lowest BCUT2D eigenvalue weighted by molar-refractivity contribution is -0.266. The number of carbonyl (C=O) groups excluding carboxylic acids is 5. The van der Waals surface area contributed by atoms with Crippen molar-refractivity contribution in [1.29, 1.82) is 0 Å². The molecule has 1 aliphatic rings. The molecule has 1 aliphatic heterocycles. The summed E-state index contributed by atoms with van der Waals surface area (Å²) in [4.78, 5) is 60.5. The van der Waals surface area contributed by atoms with Crippen molar-refractivity contribution in [3.8, 4) is 0 Å². The molecule has 4 amide bonds. The van der Waals surface area contributed by atoms with Crippen LogP contribution in [0.4, 0.5) is 0 Å². The lowest BCUT2D eigenvalue weighted by Gasteiger charge is -2.43. The van der Waals surface area contributed by atoms with Crippen molar-refractivity contribution in [3.63, 3.8) is 0 Å². The molecule has 38 heavy (non-hydrogen) atoms. The average Bonchev–Trinajstić information content (AvgIpc) is 2.85. The molecule has 0 aromatic heterocycles. The van der Waals surface area contributed by atoms with E-state index >= 15 is 0 Å². The summed E-state index contributed by atoms with van der Waals surface area (Å²) in [7, 11) is 0. The summed E-state index contributed by atoms with van der Waals surface area (Å²) >= 11 is 0. The lowest BCUT2D eigenvalue weighted by atomic mass is 9.96. The lowest BCUT2D eigenvalue weighted by Crippen LogP contribution is -2.65. The molecule has 8 N–H and O–H groups in total. The number of primary amides is 1. The highest BCUT2D eigenvalue weighted by Crippen LogP contribution is 2.23. The van der Waals surface area contributed by atoms with Crippen LogP contribution in [0.1, 0.15) is 53.4 Å². The van der Waals surface area contributed by atoms with Crippen molar-refractivity contribution in [2.24, 2.45) is 5.73 Å². The van der Waals surface area contributed by atoms with Gasteiger partial charge in [0.15, 0.2) is 6.29 Å². The first kappa shape index (κ1) is 33.2. The van der Waals surface area contributed by atoms with Crippen LogP contribution in [0.5, 0.6) is 0 Å². The van der Waals surface area contributed by atoms with Crippen molar-refractivity contribution < 1.29 is 53.5 Å². The first-order valence-electron chi connectivity index (χ1n) is 12.4. The molecule has 1 heterocycles. The minimum Gasteiger partial charge on any atom is -0.464 e. The van der Waals surface area contributed by atoms with Crippen LogP contribution in [-0.2, 0) is 38.2 Å². The van der Waals surface area contributed by atoms with Crippen molar-refractivity contribution in [2.75, 3.05) is 13.2 Å². The minimum atomic E-state index is -1.64. The number of unbranched alkanes of at least 4 members (excludes halogenated alkanes) is 1. The Labute approximate surface area is 220 Å². The summed E-state index contributed by atoms with van der Waals surface area (Å²) in [6.07, 6.45) is -5.90. The molecule has 0 radical (unpaired) electrons. The Morgan fingerprint density at radius 2 is 1.74 bits per heavy atom. The molecule has 0 aromatic carbocycles. The fourth-order valence-corrected chi connectivity index (χ4v) is 3.58. The van der Waals surface area contributed by atoms with Gasteiger partial charge in [0.2, 0.25) is 23.6 Å². The maximum absolute atomic E-state index is 12.7. The number of aliphatic hydroxyl groups excluding tert-OH is 3. The van der Waals surface area contributed by atoms with Gasteiger partial charge < -0.3 is 51.2 Å². The molecular formula is C23H40N4O11. The molecule has 0 aliphatic carbocycles. The minimum absolute atomic E-state index is 0.0905.